The first-order valence-corrected chi connectivity index (χ1v) is 6.87. The SMILES string of the molecule is NCc1cn[nH]c1S(=O)(=O)NCc1ccccc1. The molecule has 0 aliphatic carbocycles. The van der Waals surface area contributed by atoms with Crippen LogP contribution in [-0.2, 0) is 23.1 Å². The van der Waals surface area contributed by atoms with E-state index in [0.29, 0.717) is 5.56 Å². The third kappa shape index (κ3) is 2.76. The van der Waals surface area contributed by atoms with Gasteiger partial charge in [0.2, 0.25) is 0 Å². The highest BCUT2D eigenvalue weighted by Gasteiger charge is 2.19. The summed E-state index contributed by atoms with van der Waals surface area (Å²) in [7, 11) is -3.61. The van der Waals surface area contributed by atoms with Crippen LogP contribution in [0.4, 0.5) is 0 Å². The lowest BCUT2D eigenvalue weighted by Crippen LogP contribution is -2.25. The topological polar surface area (TPSA) is 101 Å². The van der Waals surface area contributed by atoms with Gasteiger partial charge in [0, 0.05) is 18.7 Å². The Morgan fingerprint density at radius 3 is 2.67 bits per heavy atom. The molecule has 2 rings (SSSR count). The number of rotatable bonds is 5. The molecule has 0 radical (unpaired) electrons. The largest absolute Gasteiger partial charge is 0.326 e. The quantitative estimate of drug-likeness (QED) is 0.726. The summed E-state index contributed by atoms with van der Waals surface area (Å²) >= 11 is 0. The zero-order valence-corrected chi connectivity index (χ0v) is 10.4. The van der Waals surface area contributed by atoms with E-state index in [9.17, 15) is 8.42 Å². The van der Waals surface area contributed by atoms with Gasteiger partial charge < -0.3 is 5.73 Å². The van der Waals surface area contributed by atoms with Gasteiger partial charge in [-0.05, 0) is 5.56 Å². The van der Waals surface area contributed by atoms with Gasteiger partial charge in [0.1, 0.15) is 0 Å². The Labute approximate surface area is 105 Å². The van der Waals surface area contributed by atoms with E-state index in [2.05, 4.69) is 14.9 Å². The van der Waals surface area contributed by atoms with Gasteiger partial charge >= 0.3 is 0 Å². The van der Waals surface area contributed by atoms with E-state index in [-0.39, 0.29) is 18.1 Å². The number of sulfonamides is 1. The molecule has 2 aromatic rings. The first kappa shape index (κ1) is 12.7. The molecular weight excluding hydrogens is 252 g/mol. The maximum Gasteiger partial charge on any atom is 0.258 e. The molecule has 0 unspecified atom stereocenters. The highest BCUT2D eigenvalue weighted by Crippen LogP contribution is 2.11. The molecule has 0 saturated heterocycles. The number of benzene rings is 1. The summed E-state index contributed by atoms with van der Waals surface area (Å²) in [6.45, 7) is 0.351. The Morgan fingerprint density at radius 1 is 1.28 bits per heavy atom. The van der Waals surface area contributed by atoms with E-state index in [1.54, 1.807) is 0 Å². The second kappa shape index (κ2) is 5.30. The van der Waals surface area contributed by atoms with E-state index in [1.165, 1.54) is 6.20 Å². The van der Waals surface area contributed by atoms with Crippen molar-refractivity contribution in [3.63, 3.8) is 0 Å². The molecule has 4 N–H and O–H groups in total. The molecule has 0 saturated carbocycles. The van der Waals surface area contributed by atoms with Crippen LogP contribution < -0.4 is 10.5 Å². The van der Waals surface area contributed by atoms with Crippen molar-refractivity contribution >= 4 is 10.0 Å². The smallest absolute Gasteiger partial charge is 0.258 e. The monoisotopic (exact) mass is 266 g/mol. The van der Waals surface area contributed by atoms with Gasteiger partial charge in [0.15, 0.2) is 5.03 Å². The lowest BCUT2D eigenvalue weighted by molar-refractivity contribution is 0.575. The number of hydrogen-bond acceptors (Lipinski definition) is 4. The number of hydrogen-bond donors (Lipinski definition) is 3. The number of H-pyrrole nitrogens is 1. The molecule has 0 fully saturated rings. The predicted octanol–water partition coefficient (Wildman–Crippen LogP) is 0.347. The fourth-order valence-electron chi connectivity index (χ4n) is 1.52. The molecule has 0 amide bonds. The van der Waals surface area contributed by atoms with Gasteiger partial charge in [-0.25, -0.2) is 13.1 Å². The van der Waals surface area contributed by atoms with Gasteiger partial charge in [0.25, 0.3) is 10.0 Å². The fourth-order valence-corrected chi connectivity index (χ4v) is 2.68. The van der Waals surface area contributed by atoms with Crippen molar-refractivity contribution in [1.29, 1.82) is 0 Å². The lowest BCUT2D eigenvalue weighted by Gasteiger charge is -2.06. The van der Waals surface area contributed by atoms with Gasteiger partial charge in [0.05, 0.1) is 6.20 Å². The number of aromatic nitrogens is 2. The van der Waals surface area contributed by atoms with Crippen LogP contribution in [0.5, 0.6) is 0 Å². The normalized spacial score (nSPS) is 11.6. The molecule has 1 aromatic heterocycles. The number of nitrogens with zero attached hydrogens (tertiary/aromatic N) is 1. The van der Waals surface area contributed by atoms with Crippen molar-refractivity contribution in [2.24, 2.45) is 5.73 Å². The van der Waals surface area contributed by atoms with Crippen LogP contribution in [0, 0.1) is 0 Å². The maximum absolute atomic E-state index is 12.0. The van der Waals surface area contributed by atoms with Crippen LogP contribution in [0.2, 0.25) is 0 Å². The van der Waals surface area contributed by atoms with E-state index in [0.717, 1.165) is 5.56 Å². The average Bonchev–Trinajstić information content (AvgIpc) is 2.87. The molecule has 6 nitrogen and oxygen atoms in total. The number of nitrogens with one attached hydrogen (secondary N) is 2. The minimum Gasteiger partial charge on any atom is -0.326 e. The molecule has 1 aromatic carbocycles. The summed E-state index contributed by atoms with van der Waals surface area (Å²) in [6, 6.07) is 9.27. The summed E-state index contributed by atoms with van der Waals surface area (Å²) in [4.78, 5) is 0. The van der Waals surface area contributed by atoms with E-state index < -0.39 is 10.0 Å². The minimum absolute atomic E-state index is 0.0286. The van der Waals surface area contributed by atoms with Crippen molar-refractivity contribution in [2.45, 2.75) is 18.1 Å². The molecule has 0 aliphatic heterocycles. The van der Waals surface area contributed by atoms with Crippen molar-refractivity contribution in [3.8, 4) is 0 Å². The van der Waals surface area contributed by atoms with E-state index in [4.69, 9.17) is 5.73 Å². The summed E-state index contributed by atoms with van der Waals surface area (Å²) < 4.78 is 26.5. The summed E-state index contributed by atoms with van der Waals surface area (Å²) in [5.74, 6) is 0. The highest BCUT2D eigenvalue weighted by atomic mass is 32.2. The van der Waals surface area contributed by atoms with Crippen LogP contribution >= 0.6 is 0 Å². The van der Waals surface area contributed by atoms with E-state index >= 15 is 0 Å². The standard InChI is InChI=1S/C11H14N4O2S/c12-6-10-8-13-15-11(10)18(16,17)14-7-9-4-2-1-3-5-9/h1-5,8,14H,6-7,12H2,(H,13,15). The molecule has 0 aliphatic rings. The predicted molar refractivity (Wildman–Crippen MR) is 66.9 cm³/mol. The molecule has 0 bridgehead atoms. The third-order valence-electron chi connectivity index (χ3n) is 2.48. The van der Waals surface area contributed by atoms with Crippen molar-refractivity contribution < 1.29 is 8.42 Å². The molecule has 7 heteroatoms. The Kier molecular flexibility index (Phi) is 3.75. The molecule has 0 spiro atoms. The van der Waals surface area contributed by atoms with Crippen LogP contribution in [0.25, 0.3) is 0 Å². The second-order valence-corrected chi connectivity index (χ2v) is 5.44. The van der Waals surface area contributed by atoms with Crippen LogP contribution in [0.1, 0.15) is 11.1 Å². The van der Waals surface area contributed by atoms with Crippen molar-refractivity contribution in [3.05, 3.63) is 47.7 Å². The third-order valence-corrected chi connectivity index (χ3v) is 3.89. The average molecular weight is 266 g/mol. The van der Waals surface area contributed by atoms with Crippen LogP contribution in [-0.4, -0.2) is 18.6 Å². The molecule has 96 valence electrons. The first-order chi connectivity index (χ1) is 8.63. The lowest BCUT2D eigenvalue weighted by atomic mass is 10.2. The fraction of sp³-hybridized carbons (Fsp3) is 0.182. The van der Waals surface area contributed by atoms with Gasteiger partial charge in [-0.1, -0.05) is 30.3 Å². The van der Waals surface area contributed by atoms with Crippen molar-refractivity contribution in [1.82, 2.24) is 14.9 Å². The Hall–Kier alpha value is -1.70. The van der Waals surface area contributed by atoms with Crippen LogP contribution in [0.3, 0.4) is 0 Å². The molecule has 0 atom stereocenters. The molecular formula is C11H14N4O2S. The summed E-state index contributed by atoms with van der Waals surface area (Å²) in [6.07, 6.45) is 1.41. The summed E-state index contributed by atoms with van der Waals surface area (Å²) in [5, 5.41) is 6.17. The Bertz CT molecular complexity index is 607. The Balaban J connectivity index is 2.13. The first-order valence-electron chi connectivity index (χ1n) is 5.39. The zero-order valence-electron chi connectivity index (χ0n) is 9.63. The maximum atomic E-state index is 12.0. The number of nitrogens with two attached hydrogens (primary N) is 1. The van der Waals surface area contributed by atoms with E-state index in [1.807, 2.05) is 30.3 Å². The minimum atomic E-state index is -3.61. The van der Waals surface area contributed by atoms with Gasteiger partial charge in [-0.2, -0.15) is 5.10 Å². The van der Waals surface area contributed by atoms with Gasteiger partial charge in [-0.3, -0.25) is 5.10 Å². The second-order valence-electron chi connectivity index (χ2n) is 3.74. The van der Waals surface area contributed by atoms with Gasteiger partial charge in [-0.15, -0.1) is 0 Å². The molecule has 18 heavy (non-hydrogen) atoms. The van der Waals surface area contributed by atoms with Crippen molar-refractivity contribution in [2.75, 3.05) is 0 Å². The Morgan fingerprint density at radius 2 is 2.00 bits per heavy atom. The number of aromatic amines is 1. The summed E-state index contributed by atoms with van der Waals surface area (Å²) in [5.41, 5.74) is 6.80. The molecule has 1 heterocycles. The highest BCUT2D eigenvalue weighted by molar-refractivity contribution is 7.89. The zero-order chi connectivity index (χ0) is 13.0. The van der Waals surface area contributed by atoms with Crippen LogP contribution in [0.15, 0.2) is 41.6 Å².